The van der Waals surface area contributed by atoms with Crippen LogP contribution in [0, 0.1) is 11.6 Å². The van der Waals surface area contributed by atoms with E-state index >= 15 is 0 Å². The van der Waals surface area contributed by atoms with Gasteiger partial charge in [0.15, 0.2) is 0 Å². The van der Waals surface area contributed by atoms with Crippen LogP contribution in [0.4, 0.5) is 8.78 Å². The number of aliphatic hydroxyl groups excluding tert-OH is 1. The van der Waals surface area contributed by atoms with E-state index < -0.39 is 5.82 Å². The summed E-state index contributed by atoms with van der Waals surface area (Å²) in [5.41, 5.74) is 1.58. The van der Waals surface area contributed by atoms with Crippen LogP contribution in [-0.4, -0.2) is 11.7 Å². The van der Waals surface area contributed by atoms with Gasteiger partial charge in [0.25, 0.3) is 0 Å². The number of halogens is 3. The topological polar surface area (TPSA) is 20.2 Å². The molecule has 0 radical (unpaired) electrons. The highest BCUT2D eigenvalue weighted by molar-refractivity contribution is 6.31. The maximum absolute atomic E-state index is 13.0. The van der Waals surface area contributed by atoms with E-state index in [4.69, 9.17) is 11.6 Å². The lowest BCUT2D eigenvalue weighted by Gasteiger charge is -2.15. The van der Waals surface area contributed by atoms with Crippen molar-refractivity contribution < 1.29 is 13.9 Å². The third-order valence-corrected chi connectivity index (χ3v) is 3.40. The van der Waals surface area contributed by atoms with Gasteiger partial charge in [0.05, 0.1) is 6.61 Å². The summed E-state index contributed by atoms with van der Waals surface area (Å²) in [5.74, 6) is -0.903. The van der Waals surface area contributed by atoms with E-state index in [1.165, 1.54) is 24.3 Å². The Bertz CT molecular complexity index is 555. The van der Waals surface area contributed by atoms with Gasteiger partial charge in [-0.25, -0.2) is 8.78 Å². The second-order valence-electron chi connectivity index (χ2n) is 4.37. The minimum atomic E-state index is -0.393. The molecule has 0 saturated carbocycles. The fourth-order valence-corrected chi connectivity index (χ4v) is 2.22. The highest BCUT2D eigenvalue weighted by Crippen LogP contribution is 2.25. The Kier molecular flexibility index (Phi) is 4.51. The molecule has 0 heterocycles. The third-order valence-electron chi connectivity index (χ3n) is 3.04. The fourth-order valence-electron chi connectivity index (χ4n) is 1.98. The fraction of sp³-hybridized carbons (Fsp3) is 0.200. The van der Waals surface area contributed by atoms with Crippen molar-refractivity contribution in [1.29, 1.82) is 0 Å². The number of aliphatic hydroxyl groups is 1. The van der Waals surface area contributed by atoms with E-state index in [1.807, 2.05) is 0 Å². The van der Waals surface area contributed by atoms with Crippen molar-refractivity contribution >= 4 is 11.6 Å². The summed E-state index contributed by atoms with van der Waals surface area (Å²) in [6.07, 6.45) is 0.473. The molecule has 0 aliphatic rings. The minimum Gasteiger partial charge on any atom is -0.396 e. The molecule has 1 nitrogen and oxygen atoms in total. The summed E-state index contributed by atoms with van der Waals surface area (Å²) in [4.78, 5) is 0. The van der Waals surface area contributed by atoms with Crippen molar-refractivity contribution in [2.75, 3.05) is 6.61 Å². The molecule has 1 N–H and O–H groups in total. The molecule has 0 aromatic heterocycles. The summed E-state index contributed by atoms with van der Waals surface area (Å²) in [6, 6.07) is 10.1. The smallest absolute Gasteiger partial charge is 0.124 e. The zero-order chi connectivity index (χ0) is 13.8. The van der Waals surface area contributed by atoms with Crippen LogP contribution in [0.2, 0.25) is 5.02 Å². The van der Waals surface area contributed by atoms with Gasteiger partial charge in [0, 0.05) is 10.9 Å². The van der Waals surface area contributed by atoms with Gasteiger partial charge in [-0.2, -0.15) is 0 Å². The van der Waals surface area contributed by atoms with E-state index in [2.05, 4.69) is 0 Å². The van der Waals surface area contributed by atoms with E-state index in [0.717, 1.165) is 11.1 Å². The van der Waals surface area contributed by atoms with Gasteiger partial charge in [-0.3, -0.25) is 0 Å². The summed E-state index contributed by atoms with van der Waals surface area (Å²) >= 11 is 5.96. The molecule has 0 fully saturated rings. The van der Waals surface area contributed by atoms with Crippen LogP contribution in [-0.2, 0) is 6.42 Å². The Morgan fingerprint density at radius 2 is 1.63 bits per heavy atom. The average Bonchev–Trinajstić information content (AvgIpc) is 2.39. The van der Waals surface area contributed by atoms with E-state index in [9.17, 15) is 13.9 Å². The second-order valence-corrected chi connectivity index (χ2v) is 4.78. The van der Waals surface area contributed by atoms with Crippen LogP contribution in [0.1, 0.15) is 17.0 Å². The molecule has 0 spiro atoms. The molecule has 0 saturated heterocycles. The van der Waals surface area contributed by atoms with Crippen molar-refractivity contribution in [3.8, 4) is 0 Å². The van der Waals surface area contributed by atoms with Crippen LogP contribution >= 0.6 is 11.6 Å². The predicted octanol–water partition coefficient (Wildman–Crippen LogP) is 3.94. The molecule has 0 aliphatic carbocycles. The SMILES string of the molecule is OCC(Cc1ccc(F)cc1Cl)c1ccc(F)cc1. The maximum Gasteiger partial charge on any atom is 0.124 e. The maximum atomic E-state index is 13.0. The summed E-state index contributed by atoms with van der Waals surface area (Å²) in [7, 11) is 0. The summed E-state index contributed by atoms with van der Waals surface area (Å²) in [6.45, 7) is -0.0840. The van der Waals surface area contributed by atoms with Crippen molar-refractivity contribution in [3.05, 3.63) is 70.2 Å². The second kappa shape index (κ2) is 6.13. The monoisotopic (exact) mass is 282 g/mol. The summed E-state index contributed by atoms with van der Waals surface area (Å²) < 4.78 is 25.8. The number of hydrogen-bond donors (Lipinski definition) is 1. The van der Waals surface area contributed by atoms with Crippen molar-refractivity contribution in [2.24, 2.45) is 0 Å². The molecule has 0 aliphatic heterocycles. The molecular weight excluding hydrogens is 270 g/mol. The van der Waals surface area contributed by atoms with Crippen molar-refractivity contribution in [3.63, 3.8) is 0 Å². The van der Waals surface area contributed by atoms with Gasteiger partial charge >= 0.3 is 0 Å². The Hall–Kier alpha value is -1.45. The molecule has 4 heteroatoms. The first-order chi connectivity index (χ1) is 9.10. The highest BCUT2D eigenvalue weighted by Gasteiger charge is 2.13. The van der Waals surface area contributed by atoms with E-state index in [-0.39, 0.29) is 18.3 Å². The van der Waals surface area contributed by atoms with Gasteiger partial charge in [-0.15, -0.1) is 0 Å². The van der Waals surface area contributed by atoms with Crippen LogP contribution in [0.15, 0.2) is 42.5 Å². The molecule has 2 aromatic rings. The van der Waals surface area contributed by atoms with Gasteiger partial charge in [-0.05, 0) is 41.8 Å². The minimum absolute atomic E-state index is 0.0840. The Balaban J connectivity index is 2.21. The largest absolute Gasteiger partial charge is 0.396 e. The van der Waals surface area contributed by atoms with Crippen LogP contribution in [0.5, 0.6) is 0 Å². The van der Waals surface area contributed by atoms with Crippen LogP contribution < -0.4 is 0 Å². The third kappa shape index (κ3) is 3.52. The first kappa shape index (κ1) is 14.0. The lowest BCUT2D eigenvalue weighted by atomic mass is 9.92. The van der Waals surface area contributed by atoms with Gasteiger partial charge in [0.2, 0.25) is 0 Å². The lowest BCUT2D eigenvalue weighted by molar-refractivity contribution is 0.264. The average molecular weight is 283 g/mol. The Morgan fingerprint density at radius 1 is 1.00 bits per heavy atom. The molecule has 1 unspecified atom stereocenters. The lowest BCUT2D eigenvalue weighted by Crippen LogP contribution is -2.08. The first-order valence-electron chi connectivity index (χ1n) is 5.90. The van der Waals surface area contributed by atoms with Crippen LogP contribution in [0.3, 0.4) is 0 Å². The van der Waals surface area contributed by atoms with Crippen molar-refractivity contribution in [2.45, 2.75) is 12.3 Å². The molecular formula is C15H13ClF2O. The molecule has 100 valence electrons. The molecule has 1 atom stereocenters. The zero-order valence-corrected chi connectivity index (χ0v) is 10.9. The molecule has 19 heavy (non-hydrogen) atoms. The first-order valence-corrected chi connectivity index (χ1v) is 6.28. The number of hydrogen-bond acceptors (Lipinski definition) is 1. The quantitative estimate of drug-likeness (QED) is 0.901. The predicted molar refractivity (Wildman–Crippen MR) is 71.3 cm³/mol. The molecule has 2 aromatic carbocycles. The number of rotatable bonds is 4. The van der Waals surface area contributed by atoms with E-state index in [0.29, 0.717) is 11.4 Å². The van der Waals surface area contributed by atoms with E-state index in [1.54, 1.807) is 18.2 Å². The molecule has 0 amide bonds. The Labute approximate surface area is 115 Å². The van der Waals surface area contributed by atoms with Gasteiger partial charge in [0.1, 0.15) is 11.6 Å². The van der Waals surface area contributed by atoms with Crippen LogP contribution in [0.25, 0.3) is 0 Å². The Morgan fingerprint density at radius 3 is 2.21 bits per heavy atom. The summed E-state index contributed by atoms with van der Waals surface area (Å²) in [5, 5.41) is 9.78. The molecule has 0 bridgehead atoms. The van der Waals surface area contributed by atoms with Gasteiger partial charge < -0.3 is 5.11 Å². The number of benzene rings is 2. The zero-order valence-electron chi connectivity index (χ0n) is 10.1. The standard InChI is InChI=1S/C15H13ClF2O/c16-15-8-14(18)6-3-11(15)7-12(9-19)10-1-4-13(17)5-2-10/h1-6,8,12,19H,7,9H2. The highest BCUT2D eigenvalue weighted by atomic mass is 35.5. The normalized spacial score (nSPS) is 12.4. The van der Waals surface area contributed by atoms with Crippen molar-refractivity contribution in [1.82, 2.24) is 0 Å². The molecule has 2 rings (SSSR count). The van der Waals surface area contributed by atoms with Gasteiger partial charge in [-0.1, -0.05) is 29.8 Å².